The van der Waals surface area contributed by atoms with Gasteiger partial charge in [0, 0.05) is 5.69 Å². The van der Waals surface area contributed by atoms with Crippen molar-refractivity contribution >= 4 is 0 Å². The van der Waals surface area contributed by atoms with Gasteiger partial charge in [0.15, 0.2) is 0 Å². The molecule has 0 aliphatic carbocycles. The van der Waals surface area contributed by atoms with Crippen molar-refractivity contribution in [3.05, 3.63) is 41.2 Å². The number of aryl methyl sites for hydroxylation is 1. The third-order valence-electron chi connectivity index (χ3n) is 4.19. The maximum absolute atomic E-state index is 9.40. The molecule has 1 aliphatic heterocycles. The number of hydrogen-bond donors (Lipinski definition) is 2. The number of rotatable bonds is 2. The van der Waals surface area contributed by atoms with Crippen molar-refractivity contribution in [1.82, 2.24) is 15.1 Å². The zero-order chi connectivity index (χ0) is 14.1. The Morgan fingerprint density at radius 2 is 1.80 bits per heavy atom. The smallest absolute Gasteiger partial charge is 0.115 e. The standard InChI is InChI=1S/C16H21N3O/c1-11-16(13-7-9-17-10-8-13)12(2)19(18-11)14-3-5-15(20)6-4-14/h3-6,13,17,20H,7-10H2,1-2H3. The fourth-order valence-corrected chi connectivity index (χ4v) is 3.20. The summed E-state index contributed by atoms with van der Waals surface area (Å²) in [6.45, 7) is 6.42. The molecule has 0 amide bonds. The van der Waals surface area contributed by atoms with E-state index >= 15 is 0 Å². The molecule has 20 heavy (non-hydrogen) atoms. The lowest BCUT2D eigenvalue weighted by Gasteiger charge is -2.23. The van der Waals surface area contributed by atoms with Crippen molar-refractivity contribution in [3.8, 4) is 11.4 Å². The first kappa shape index (κ1) is 13.2. The van der Waals surface area contributed by atoms with Gasteiger partial charge >= 0.3 is 0 Å². The van der Waals surface area contributed by atoms with Gasteiger partial charge in [-0.1, -0.05) is 0 Å². The maximum atomic E-state index is 9.40. The molecular formula is C16H21N3O. The summed E-state index contributed by atoms with van der Waals surface area (Å²) in [5, 5.41) is 17.5. The molecule has 2 N–H and O–H groups in total. The summed E-state index contributed by atoms with van der Waals surface area (Å²) in [7, 11) is 0. The van der Waals surface area contributed by atoms with E-state index in [2.05, 4.69) is 19.2 Å². The van der Waals surface area contributed by atoms with Crippen molar-refractivity contribution in [2.75, 3.05) is 13.1 Å². The number of nitrogens with zero attached hydrogens (tertiary/aromatic N) is 2. The number of phenols is 1. The van der Waals surface area contributed by atoms with Crippen LogP contribution in [0.3, 0.4) is 0 Å². The number of hydrogen-bond acceptors (Lipinski definition) is 3. The summed E-state index contributed by atoms with van der Waals surface area (Å²) in [5.74, 6) is 0.899. The zero-order valence-electron chi connectivity index (χ0n) is 12.1. The van der Waals surface area contributed by atoms with Crippen molar-refractivity contribution in [2.45, 2.75) is 32.6 Å². The van der Waals surface area contributed by atoms with Crippen molar-refractivity contribution in [2.24, 2.45) is 0 Å². The second kappa shape index (κ2) is 5.29. The monoisotopic (exact) mass is 271 g/mol. The van der Waals surface area contributed by atoms with Crippen LogP contribution in [0.25, 0.3) is 5.69 Å². The highest BCUT2D eigenvalue weighted by Crippen LogP contribution is 2.31. The minimum Gasteiger partial charge on any atom is -0.508 e. The molecule has 0 saturated carbocycles. The Balaban J connectivity index is 1.99. The third-order valence-corrected chi connectivity index (χ3v) is 4.19. The van der Waals surface area contributed by atoms with E-state index in [1.807, 2.05) is 16.8 Å². The molecule has 106 valence electrons. The molecule has 2 aromatic rings. The SMILES string of the molecule is Cc1nn(-c2ccc(O)cc2)c(C)c1C1CCNCC1. The van der Waals surface area contributed by atoms with Gasteiger partial charge in [-0.2, -0.15) is 5.10 Å². The molecule has 1 aromatic carbocycles. The van der Waals surface area contributed by atoms with Crippen LogP contribution in [0, 0.1) is 13.8 Å². The van der Waals surface area contributed by atoms with Gasteiger partial charge in [-0.25, -0.2) is 4.68 Å². The zero-order valence-corrected chi connectivity index (χ0v) is 12.1. The summed E-state index contributed by atoms with van der Waals surface area (Å²) in [6, 6.07) is 7.22. The molecule has 0 spiro atoms. The van der Waals surface area contributed by atoms with Crippen LogP contribution >= 0.6 is 0 Å². The highest BCUT2D eigenvalue weighted by atomic mass is 16.3. The normalized spacial score (nSPS) is 16.5. The molecule has 0 bridgehead atoms. The Bertz CT molecular complexity index is 595. The predicted molar refractivity (Wildman–Crippen MR) is 79.5 cm³/mol. The number of piperidine rings is 1. The molecular weight excluding hydrogens is 250 g/mol. The molecule has 0 radical (unpaired) electrons. The molecule has 1 fully saturated rings. The highest BCUT2D eigenvalue weighted by Gasteiger charge is 2.23. The average Bonchev–Trinajstić information content (AvgIpc) is 2.76. The van der Waals surface area contributed by atoms with Gasteiger partial charge in [-0.15, -0.1) is 0 Å². The van der Waals surface area contributed by atoms with Crippen LogP contribution in [0.15, 0.2) is 24.3 Å². The van der Waals surface area contributed by atoms with Crippen LogP contribution in [0.4, 0.5) is 0 Å². The lowest BCUT2D eigenvalue weighted by molar-refractivity contribution is 0.458. The number of nitrogens with one attached hydrogen (secondary N) is 1. The van der Waals surface area contributed by atoms with E-state index in [9.17, 15) is 5.11 Å². The molecule has 1 aliphatic rings. The minimum absolute atomic E-state index is 0.286. The van der Waals surface area contributed by atoms with E-state index in [1.54, 1.807) is 12.1 Å². The fraction of sp³-hybridized carbons (Fsp3) is 0.438. The number of benzene rings is 1. The molecule has 3 rings (SSSR count). The largest absolute Gasteiger partial charge is 0.508 e. The van der Waals surface area contributed by atoms with Crippen LogP contribution in [-0.2, 0) is 0 Å². The highest BCUT2D eigenvalue weighted by molar-refractivity contribution is 5.41. The molecule has 4 nitrogen and oxygen atoms in total. The molecule has 2 heterocycles. The Morgan fingerprint density at radius 1 is 1.15 bits per heavy atom. The van der Waals surface area contributed by atoms with Gasteiger partial charge in [-0.05, 0) is 75.5 Å². The topological polar surface area (TPSA) is 50.1 Å². The van der Waals surface area contributed by atoms with E-state index in [0.29, 0.717) is 5.92 Å². The van der Waals surface area contributed by atoms with Gasteiger partial charge in [0.25, 0.3) is 0 Å². The van der Waals surface area contributed by atoms with Gasteiger partial charge < -0.3 is 10.4 Å². The summed E-state index contributed by atoms with van der Waals surface area (Å²) in [6.07, 6.45) is 2.37. The molecule has 1 saturated heterocycles. The first-order valence-electron chi connectivity index (χ1n) is 7.23. The number of aromatic hydroxyl groups is 1. The summed E-state index contributed by atoms with van der Waals surface area (Å²) in [4.78, 5) is 0. The Kier molecular flexibility index (Phi) is 3.49. The Labute approximate surface area is 119 Å². The minimum atomic E-state index is 0.286. The molecule has 0 atom stereocenters. The Morgan fingerprint density at radius 3 is 2.45 bits per heavy atom. The summed E-state index contributed by atoms with van der Waals surface area (Å²) < 4.78 is 1.99. The molecule has 4 heteroatoms. The van der Waals surface area contributed by atoms with Gasteiger partial charge in [0.2, 0.25) is 0 Å². The first-order chi connectivity index (χ1) is 9.66. The van der Waals surface area contributed by atoms with Crippen molar-refractivity contribution in [1.29, 1.82) is 0 Å². The molecule has 0 unspecified atom stereocenters. The quantitative estimate of drug-likeness (QED) is 0.883. The van der Waals surface area contributed by atoms with Gasteiger partial charge in [0.1, 0.15) is 5.75 Å². The van der Waals surface area contributed by atoms with Crippen LogP contribution in [0.5, 0.6) is 5.75 Å². The van der Waals surface area contributed by atoms with Crippen LogP contribution in [0.2, 0.25) is 0 Å². The van der Waals surface area contributed by atoms with E-state index in [1.165, 1.54) is 24.1 Å². The van der Waals surface area contributed by atoms with Crippen molar-refractivity contribution in [3.63, 3.8) is 0 Å². The molecule has 1 aromatic heterocycles. The van der Waals surface area contributed by atoms with Crippen LogP contribution in [0.1, 0.15) is 35.7 Å². The van der Waals surface area contributed by atoms with Crippen molar-refractivity contribution < 1.29 is 5.11 Å². The van der Waals surface area contributed by atoms with E-state index in [0.717, 1.165) is 24.5 Å². The van der Waals surface area contributed by atoms with Gasteiger partial charge in [-0.3, -0.25) is 0 Å². The van der Waals surface area contributed by atoms with Crippen LogP contribution < -0.4 is 5.32 Å². The van der Waals surface area contributed by atoms with Crippen LogP contribution in [-0.4, -0.2) is 28.0 Å². The lowest BCUT2D eigenvalue weighted by Crippen LogP contribution is -2.27. The fourth-order valence-electron chi connectivity index (χ4n) is 3.20. The van der Waals surface area contributed by atoms with E-state index in [-0.39, 0.29) is 5.75 Å². The van der Waals surface area contributed by atoms with Gasteiger partial charge in [0.05, 0.1) is 11.4 Å². The first-order valence-corrected chi connectivity index (χ1v) is 7.23. The van der Waals surface area contributed by atoms with E-state index in [4.69, 9.17) is 5.10 Å². The second-order valence-corrected chi connectivity index (χ2v) is 5.54. The Hall–Kier alpha value is -1.81. The number of phenolic OH excluding ortho intramolecular Hbond substituents is 1. The van der Waals surface area contributed by atoms with E-state index < -0.39 is 0 Å². The summed E-state index contributed by atoms with van der Waals surface area (Å²) >= 11 is 0. The second-order valence-electron chi connectivity index (χ2n) is 5.54. The average molecular weight is 271 g/mol. The summed E-state index contributed by atoms with van der Waals surface area (Å²) in [5.41, 5.74) is 4.76. The third kappa shape index (κ3) is 2.31. The predicted octanol–water partition coefficient (Wildman–Crippen LogP) is 2.66. The lowest BCUT2D eigenvalue weighted by atomic mass is 9.89. The number of aromatic nitrogens is 2. The maximum Gasteiger partial charge on any atom is 0.115 e.